The van der Waals surface area contributed by atoms with E-state index in [1.165, 1.54) is 24.8 Å². The van der Waals surface area contributed by atoms with Crippen molar-refractivity contribution in [3.63, 3.8) is 0 Å². The molecule has 2 rings (SSSR count). The molecule has 0 aromatic heterocycles. The van der Waals surface area contributed by atoms with Crippen LogP contribution in [0.5, 0.6) is 0 Å². The number of nitrogens with two attached hydrogens (primary N) is 1. The van der Waals surface area contributed by atoms with Gasteiger partial charge in [0.1, 0.15) is 0 Å². The number of fused-ring (bicyclic) bond motifs is 1. The molecule has 0 aliphatic heterocycles. The van der Waals surface area contributed by atoms with Gasteiger partial charge in [-0.2, -0.15) is 0 Å². The molecule has 2 heteroatoms. The van der Waals surface area contributed by atoms with Crippen LogP contribution in [0.15, 0.2) is 18.2 Å². The second-order valence-corrected chi connectivity index (χ2v) is 5.42. The van der Waals surface area contributed by atoms with Gasteiger partial charge in [-0.3, -0.25) is 0 Å². The predicted octanol–water partition coefficient (Wildman–Crippen LogP) is 2.25. The SMILES string of the molecule is CC(C)C(CN)NCc1ccc2c(c1)CCC2. The molecule has 0 saturated heterocycles. The molecule has 1 aliphatic carbocycles. The van der Waals surface area contributed by atoms with Crippen LogP contribution in [-0.2, 0) is 19.4 Å². The van der Waals surface area contributed by atoms with Gasteiger partial charge in [0, 0.05) is 19.1 Å². The van der Waals surface area contributed by atoms with Crippen molar-refractivity contribution in [2.45, 2.75) is 45.7 Å². The molecule has 0 spiro atoms. The van der Waals surface area contributed by atoms with Crippen molar-refractivity contribution in [1.82, 2.24) is 5.32 Å². The van der Waals surface area contributed by atoms with Crippen LogP contribution in [0, 0.1) is 5.92 Å². The Morgan fingerprint density at radius 1 is 1.24 bits per heavy atom. The average Bonchev–Trinajstić information content (AvgIpc) is 2.76. The lowest BCUT2D eigenvalue weighted by atomic mass is 10.0. The minimum absolute atomic E-state index is 0.420. The van der Waals surface area contributed by atoms with E-state index in [2.05, 4.69) is 37.4 Å². The van der Waals surface area contributed by atoms with Crippen LogP contribution < -0.4 is 11.1 Å². The first-order valence-corrected chi connectivity index (χ1v) is 6.75. The number of aryl methyl sites for hydroxylation is 2. The van der Waals surface area contributed by atoms with Gasteiger partial charge in [0.2, 0.25) is 0 Å². The van der Waals surface area contributed by atoms with Crippen molar-refractivity contribution < 1.29 is 0 Å². The normalized spacial score (nSPS) is 16.2. The van der Waals surface area contributed by atoms with Crippen LogP contribution in [0.3, 0.4) is 0 Å². The predicted molar refractivity (Wildman–Crippen MR) is 73.0 cm³/mol. The molecule has 0 heterocycles. The summed E-state index contributed by atoms with van der Waals surface area (Å²) in [7, 11) is 0. The number of hydrogen-bond acceptors (Lipinski definition) is 2. The third-order valence-electron chi connectivity index (χ3n) is 3.79. The highest BCUT2D eigenvalue weighted by Crippen LogP contribution is 2.22. The molecule has 1 aromatic rings. The zero-order chi connectivity index (χ0) is 12.3. The third kappa shape index (κ3) is 3.08. The van der Waals surface area contributed by atoms with E-state index >= 15 is 0 Å². The van der Waals surface area contributed by atoms with E-state index in [9.17, 15) is 0 Å². The number of rotatable bonds is 5. The molecule has 0 saturated carbocycles. The quantitative estimate of drug-likeness (QED) is 0.817. The van der Waals surface area contributed by atoms with Crippen LogP contribution >= 0.6 is 0 Å². The Labute approximate surface area is 105 Å². The van der Waals surface area contributed by atoms with Gasteiger partial charge in [-0.25, -0.2) is 0 Å². The maximum atomic E-state index is 5.77. The molecule has 0 radical (unpaired) electrons. The molecule has 1 atom stereocenters. The topological polar surface area (TPSA) is 38.0 Å². The second kappa shape index (κ2) is 5.65. The van der Waals surface area contributed by atoms with Crippen LogP contribution in [0.1, 0.15) is 37.0 Å². The summed E-state index contributed by atoms with van der Waals surface area (Å²) in [5.74, 6) is 0.592. The smallest absolute Gasteiger partial charge is 0.0216 e. The van der Waals surface area contributed by atoms with Crippen molar-refractivity contribution >= 4 is 0 Å². The van der Waals surface area contributed by atoms with Gasteiger partial charge in [-0.05, 0) is 41.9 Å². The largest absolute Gasteiger partial charge is 0.329 e. The van der Waals surface area contributed by atoms with Crippen LogP contribution in [0.4, 0.5) is 0 Å². The second-order valence-electron chi connectivity index (χ2n) is 5.42. The maximum Gasteiger partial charge on any atom is 0.0216 e. The molecule has 94 valence electrons. The zero-order valence-corrected chi connectivity index (χ0v) is 11.0. The molecule has 0 fully saturated rings. The number of benzene rings is 1. The van der Waals surface area contributed by atoms with Crippen molar-refractivity contribution in [2.75, 3.05) is 6.54 Å². The Morgan fingerprint density at radius 3 is 2.71 bits per heavy atom. The molecule has 1 unspecified atom stereocenters. The number of nitrogens with one attached hydrogen (secondary N) is 1. The fourth-order valence-electron chi connectivity index (χ4n) is 2.58. The first-order chi connectivity index (χ1) is 8.20. The van der Waals surface area contributed by atoms with Gasteiger partial charge in [0.15, 0.2) is 0 Å². The fraction of sp³-hybridized carbons (Fsp3) is 0.600. The Hall–Kier alpha value is -0.860. The lowest BCUT2D eigenvalue weighted by molar-refractivity contribution is 0.405. The van der Waals surface area contributed by atoms with Gasteiger partial charge in [-0.1, -0.05) is 32.0 Å². The summed E-state index contributed by atoms with van der Waals surface area (Å²) in [6.45, 7) is 6.08. The van der Waals surface area contributed by atoms with Crippen molar-refractivity contribution in [3.8, 4) is 0 Å². The molecule has 3 N–H and O–H groups in total. The van der Waals surface area contributed by atoms with Gasteiger partial charge < -0.3 is 11.1 Å². The van der Waals surface area contributed by atoms with Crippen LogP contribution in [0.25, 0.3) is 0 Å². The summed E-state index contributed by atoms with van der Waals surface area (Å²) in [6.07, 6.45) is 3.85. The van der Waals surface area contributed by atoms with Gasteiger partial charge in [0.05, 0.1) is 0 Å². The summed E-state index contributed by atoms with van der Waals surface area (Å²) >= 11 is 0. The van der Waals surface area contributed by atoms with E-state index in [0.717, 1.165) is 6.54 Å². The van der Waals surface area contributed by atoms with Crippen LogP contribution in [0.2, 0.25) is 0 Å². The highest BCUT2D eigenvalue weighted by molar-refractivity contribution is 5.35. The Morgan fingerprint density at radius 2 is 2.00 bits per heavy atom. The van der Waals surface area contributed by atoms with Gasteiger partial charge in [0.25, 0.3) is 0 Å². The van der Waals surface area contributed by atoms with E-state index in [4.69, 9.17) is 5.73 Å². The molecule has 1 aliphatic rings. The summed E-state index contributed by atoms with van der Waals surface area (Å²) in [5, 5.41) is 3.55. The van der Waals surface area contributed by atoms with E-state index in [1.807, 2.05) is 0 Å². The zero-order valence-electron chi connectivity index (χ0n) is 11.0. The first-order valence-electron chi connectivity index (χ1n) is 6.75. The minimum Gasteiger partial charge on any atom is -0.329 e. The summed E-state index contributed by atoms with van der Waals surface area (Å²) in [5.41, 5.74) is 10.3. The molecular weight excluding hydrogens is 208 g/mol. The average molecular weight is 232 g/mol. The lowest BCUT2D eigenvalue weighted by Crippen LogP contribution is -2.39. The molecular formula is C15H24N2. The monoisotopic (exact) mass is 232 g/mol. The van der Waals surface area contributed by atoms with Crippen LogP contribution in [-0.4, -0.2) is 12.6 Å². The Bertz CT molecular complexity index is 371. The maximum absolute atomic E-state index is 5.77. The summed E-state index contributed by atoms with van der Waals surface area (Å²) in [6, 6.07) is 7.34. The lowest BCUT2D eigenvalue weighted by Gasteiger charge is -2.20. The van der Waals surface area contributed by atoms with Gasteiger partial charge >= 0.3 is 0 Å². The van der Waals surface area contributed by atoms with Crippen molar-refractivity contribution in [2.24, 2.45) is 11.7 Å². The summed E-state index contributed by atoms with van der Waals surface area (Å²) in [4.78, 5) is 0. The molecule has 2 nitrogen and oxygen atoms in total. The van der Waals surface area contributed by atoms with E-state index in [0.29, 0.717) is 18.5 Å². The molecule has 1 aromatic carbocycles. The Balaban J connectivity index is 1.95. The first kappa shape index (κ1) is 12.6. The van der Waals surface area contributed by atoms with Crippen molar-refractivity contribution in [1.29, 1.82) is 0 Å². The van der Waals surface area contributed by atoms with Gasteiger partial charge in [-0.15, -0.1) is 0 Å². The molecule has 0 bridgehead atoms. The highest BCUT2D eigenvalue weighted by atomic mass is 14.9. The fourth-order valence-corrected chi connectivity index (χ4v) is 2.58. The third-order valence-corrected chi connectivity index (χ3v) is 3.79. The van der Waals surface area contributed by atoms with Crippen molar-refractivity contribution in [3.05, 3.63) is 34.9 Å². The standard InChI is InChI=1S/C15H24N2/c1-11(2)15(9-16)17-10-12-6-7-13-4-3-5-14(13)8-12/h6-8,11,15,17H,3-5,9-10,16H2,1-2H3. The number of hydrogen-bond donors (Lipinski definition) is 2. The molecule has 17 heavy (non-hydrogen) atoms. The minimum atomic E-state index is 0.420. The Kier molecular flexibility index (Phi) is 4.19. The molecule has 0 amide bonds. The van der Waals surface area contributed by atoms with E-state index in [-0.39, 0.29) is 0 Å². The van der Waals surface area contributed by atoms with E-state index in [1.54, 1.807) is 11.1 Å². The summed E-state index contributed by atoms with van der Waals surface area (Å²) < 4.78 is 0. The van der Waals surface area contributed by atoms with E-state index < -0.39 is 0 Å². The highest BCUT2D eigenvalue weighted by Gasteiger charge is 2.13.